The van der Waals surface area contributed by atoms with Crippen LogP contribution in [0.15, 0.2) is 90.0 Å². The van der Waals surface area contributed by atoms with Gasteiger partial charge in [0.05, 0.1) is 11.8 Å². The van der Waals surface area contributed by atoms with Crippen LogP contribution in [0.1, 0.15) is 38.8 Å². The number of carboxylic acid groups (broad SMARTS) is 1. The van der Waals surface area contributed by atoms with E-state index in [2.05, 4.69) is 39.6 Å². The molecule has 154 valence electrons. The highest BCUT2D eigenvalue weighted by Crippen LogP contribution is 2.28. The van der Waals surface area contributed by atoms with Crippen molar-refractivity contribution >= 4 is 24.4 Å². The second-order valence-electron chi connectivity index (χ2n) is 6.97. The first-order chi connectivity index (χ1) is 15.1. The zero-order valence-corrected chi connectivity index (χ0v) is 17.4. The Balaban J connectivity index is 1.70. The molecule has 7 heteroatoms. The number of nitrogens with one attached hydrogen (secondary N) is 1. The van der Waals surface area contributed by atoms with Crippen LogP contribution in [-0.2, 0) is 6.42 Å². The lowest BCUT2D eigenvalue weighted by Crippen LogP contribution is -2.10. The molecule has 4 aromatic rings. The molecule has 0 aliphatic rings. The van der Waals surface area contributed by atoms with Gasteiger partial charge in [-0.3, -0.25) is 5.10 Å². The van der Waals surface area contributed by atoms with E-state index in [0.29, 0.717) is 22.6 Å². The Labute approximate surface area is 184 Å². The molecule has 0 aliphatic carbocycles. The average Bonchev–Trinajstić information content (AvgIpc) is 3.16. The number of carbonyl (C=O) groups is 1. The highest BCUT2D eigenvalue weighted by atomic mass is 32.1. The van der Waals surface area contributed by atoms with Crippen molar-refractivity contribution in [3.63, 3.8) is 0 Å². The Kier molecular flexibility index (Phi) is 6.14. The molecule has 2 N–H and O–H groups in total. The summed E-state index contributed by atoms with van der Waals surface area (Å²) in [7, 11) is 0. The molecule has 0 unspecified atom stereocenters. The van der Waals surface area contributed by atoms with Crippen molar-refractivity contribution in [1.29, 1.82) is 0 Å². The lowest BCUT2D eigenvalue weighted by molar-refractivity contribution is 0.0696. The van der Waals surface area contributed by atoms with Crippen LogP contribution >= 0.6 is 12.2 Å². The van der Waals surface area contributed by atoms with Crippen LogP contribution < -0.4 is 0 Å². The first-order valence-corrected chi connectivity index (χ1v) is 10.2. The van der Waals surface area contributed by atoms with Crippen molar-refractivity contribution in [3.05, 3.63) is 118 Å². The van der Waals surface area contributed by atoms with Crippen LogP contribution in [0.25, 0.3) is 0 Å². The maximum Gasteiger partial charge on any atom is 0.336 e. The fourth-order valence-corrected chi connectivity index (χ4v) is 3.68. The smallest absolute Gasteiger partial charge is 0.336 e. The van der Waals surface area contributed by atoms with E-state index < -0.39 is 5.97 Å². The second-order valence-corrected chi connectivity index (χ2v) is 7.36. The van der Waals surface area contributed by atoms with Gasteiger partial charge in [-0.2, -0.15) is 14.9 Å². The summed E-state index contributed by atoms with van der Waals surface area (Å²) in [6, 6.07) is 27.1. The largest absolute Gasteiger partial charge is 0.478 e. The molecule has 0 amide bonds. The molecule has 0 saturated heterocycles. The summed E-state index contributed by atoms with van der Waals surface area (Å²) in [5.74, 6) is -0.286. The summed E-state index contributed by atoms with van der Waals surface area (Å²) in [6.07, 6.45) is 2.07. The maximum atomic E-state index is 11.5. The lowest BCUT2D eigenvalue weighted by Gasteiger charge is -2.17. The molecule has 31 heavy (non-hydrogen) atoms. The predicted molar refractivity (Wildman–Crippen MR) is 122 cm³/mol. The molecule has 0 atom stereocenters. The number of benzene rings is 3. The van der Waals surface area contributed by atoms with Crippen LogP contribution in [0, 0.1) is 4.77 Å². The summed E-state index contributed by atoms with van der Waals surface area (Å²) < 4.78 is 1.89. The van der Waals surface area contributed by atoms with Gasteiger partial charge in [-0.25, -0.2) is 4.79 Å². The fraction of sp³-hybridized carbons (Fsp3) is 0.0833. The molecule has 0 saturated carbocycles. The molecule has 0 spiro atoms. The molecular formula is C24H20N4O2S. The van der Waals surface area contributed by atoms with Crippen LogP contribution in [0.4, 0.5) is 0 Å². The fourth-order valence-electron chi connectivity index (χ4n) is 3.48. The van der Waals surface area contributed by atoms with Crippen molar-refractivity contribution in [2.24, 2.45) is 5.10 Å². The van der Waals surface area contributed by atoms with Crippen molar-refractivity contribution in [2.45, 2.75) is 12.3 Å². The van der Waals surface area contributed by atoms with E-state index in [1.54, 1.807) is 28.9 Å². The van der Waals surface area contributed by atoms with E-state index >= 15 is 0 Å². The van der Waals surface area contributed by atoms with E-state index in [9.17, 15) is 9.90 Å². The zero-order chi connectivity index (χ0) is 21.6. The van der Waals surface area contributed by atoms with E-state index in [4.69, 9.17) is 12.2 Å². The molecular weight excluding hydrogens is 408 g/mol. The quantitative estimate of drug-likeness (QED) is 0.324. The highest BCUT2D eigenvalue weighted by Gasteiger charge is 2.18. The Hall–Kier alpha value is -3.84. The van der Waals surface area contributed by atoms with Crippen LogP contribution in [0.3, 0.4) is 0 Å². The molecule has 3 aromatic carbocycles. The van der Waals surface area contributed by atoms with Crippen molar-refractivity contribution in [2.75, 3.05) is 0 Å². The minimum atomic E-state index is -1.01. The number of aromatic amines is 1. The summed E-state index contributed by atoms with van der Waals surface area (Å²) >= 11 is 5.37. The van der Waals surface area contributed by atoms with Gasteiger partial charge in [-0.05, 0) is 29.4 Å². The van der Waals surface area contributed by atoms with E-state index in [0.717, 1.165) is 11.1 Å². The van der Waals surface area contributed by atoms with Gasteiger partial charge in [0, 0.05) is 17.9 Å². The second kappa shape index (κ2) is 9.32. The Morgan fingerprint density at radius 3 is 2.19 bits per heavy atom. The summed E-state index contributed by atoms with van der Waals surface area (Å²) in [4.78, 5) is 11.5. The molecule has 4 rings (SSSR count). The highest BCUT2D eigenvalue weighted by molar-refractivity contribution is 7.71. The molecule has 0 radical (unpaired) electrons. The predicted octanol–water partition coefficient (Wildman–Crippen LogP) is 4.90. The molecule has 1 aromatic heterocycles. The molecule has 0 fully saturated rings. The van der Waals surface area contributed by atoms with E-state index in [1.807, 2.05) is 36.4 Å². The standard InChI is InChI=1S/C24H20N4O2S/c29-23(30)20-14-8-7-13-19(20)16-25-28-22(26-27-24(28)31)15-21(17-9-3-1-4-10-17)18-11-5-2-6-12-18/h1-14,16,21H,15H2,(H,27,31)(H,29,30)/b25-16+. The number of aromatic nitrogens is 3. The molecule has 1 heterocycles. The maximum absolute atomic E-state index is 11.5. The van der Waals surface area contributed by atoms with E-state index in [1.165, 1.54) is 6.21 Å². The summed E-state index contributed by atoms with van der Waals surface area (Å²) in [5, 5.41) is 21.0. The lowest BCUT2D eigenvalue weighted by atomic mass is 9.88. The summed E-state index contributed by atoms with van der Waals surface area (Å²) in [6.45, 7) is 0. The van der Waals surface area contributed by atoms with Crippen LogP contribution in [0.5, 0.6) is 0 Å². The topological polar surface area (TPSA) is 83.3 Å². The van der Waals surface area contributed by atoms with Crippen LogP contribution in [-0.4, -0.2) is 32.2 Å². The first-order valence-electron chi connectivity index (χ1n) is 9.76. The van der Waals surface area contributed by atoms with Gasteiger partial charge in [0.2, 0.25) is 4.77 Å². The number of carboxylic acids is 1. The van der Waals surface area contributed by atoms with Gasteiger partial charge >= 0.3 is 5.97 Å². The number of nitrogens with zero attached hydrogens (tertiary/aromatic N) is 3. The zero-order valence-electron chi connectivity index (χ0n) is 16.6. The number of hydrogen-bond donors (Lipinski definition) is 2. The monoisotopic (exact) mass is 428 g/mol. The third kappa shape index (κ3) is 4.67. The van der Waals surface area contributed by atoms with Gasteiger partial charge in [0.15, 0.2) is 5.82 Å². The minimum Gasteiger partial charge on any atom is -0.478 e. The first kappa shape index (κ1) is 20.4. The number of hydrogen-bond acceptors (Lipinski definition) is 4. The number of rotatable bonds is 7. The van der Waals surface area contributed by atoms with Gasteiger partial charge in [-0.15, -0.1) is 0 Å². The number of aromatic carboxylic acids is 1. The third-order valence-electron chi connectivity index (χ3n) is 5.01. The molecule has 0 bridgehead atoms. The van der Waals surface area contributed by atoms with Gasteiger partial charge in [-0.1, -0.05) is 78.9 Å². The Morgan fingerprint density at radius 2 is 1.58 bits per heavy atom. The Bertz CT molecular complexity index is 1220. The summed E-state index contributed by atoms with van der Waals surface area (Å²) in [5.41, 5.74) is 2.99. The molecule has 6 nitrogen and oxygen atoms in total. The number of H-pyrrole nitrogens is 1. The van der Waals surface area contributed by atoms with E-state index in [-0.39, 0.29) is 11.5 Å². The molecule has 0 aliphatic heterocycles. The SMILES string of the molecule is O=C(O)c1ccccc1/C=N/n1c(CC(c2ccccc2)c2ccccc2)n[nH]c1=S. The van der Waals surface area contributed by atoms with Crippen molar-refractivity contribution in [3.8, 4) is 0 Å². The van der Waals surface area contributed by atoms with Crippen LogP contribution in [0.2, 0.25) is 0 Å². The minimum absolute atomic E-state index is 0.0628. The normalized spacial score (nSPS) is 11.3. The van der Waals surface area contributed by atoms with Gasteiger partial charge in [0.25, 0.3) is 0 Å². The van der Waals surface area contributed by atoms with Gasteiger partial charge in [0.1, 0.15) is 0 Å². The Morgan fingerprint density at radius 1 is 1.00 bits per heavy atom. The van der Waals surface area contributed by atoms with Gasteiger partial charge < -0.3 is 5.11 Å². The average molecular weight is 429 g/mol. The van der Waals surface area contributed by atoms with Crippen molar-refractivity contribution < 1.29 is 9.90 Å². The van der Waals surface area contributed by atoms with Crippen molar-refractivity contribution in [1.82, 2.24) is 14.9 Å². The third-order valence-corrected chi connectivity index (χ3v) is 5.28.